The van der Waals surface area contributed by atoms with Gasteiger partial charge in [0.05, 0.1) is 30.1 Å². The third-order valence-electron chi connectivity index (χ3n) is 7.67. The Labute approximate surface area is 201 Å². The number of amides is 4. The molecule has 2 atom stereocenters. The van der Waals surface area contributed by atoms with Crippen LogP contribution in [0.15, 0.2) is 24.4 Å². The van der Waals surface area contributed by atoms with E-state index in [1.807, 2.05) is 24.0 Å². The number of aromatic nitrogens is 3. The molecule has 4 aliphatic rings. The second-order valence-electron chi connectivity index (χ2n) is 9.91. The lowest BCUT2D eigenvalue weighted by molar-refractivity contribution is -0.136. The van der Waals surface area contributed by atoms with E-state index in [1.54, 1.807) is 12.3 Å². The summed E-state index contributed by atoms with van der Waals surface area (Å²) < 4.78 is 7.32. The zero-order valence-electron chi connectivity index (χ0n) is 19.4. The molecule has 11 heteroatoms. The second-order valence-corrected chi connectivity index (χ2v) is 9.91. The van der Waals surface area contributed by atoms with Gasteiger partial charge in [-0.3, -0.25) is 24.5 Å². The Bertz CT molecular complexity index is 1250. The molecule has 1 N–H and O–H groups in total. The highest BCUT2D eigenvalue weighted by atomic mass is 16.5. The molecule has 3 aliphatic heterocycles. The molecule has 0 radical (unpaired) electrons. The lowest BCUT2D eigenvalue weighted by Crippen LogP contribution is -2.64. The molecule has 2 saturated heterocycles. The van der Waals surface area contributed by atoms with Gasteiger partial charge in [-0.2, -0.15) is 0 Å². The number of rotatable bonds is 3. The Morgan fingerprint density at radius 3 is 2.80 bits per heavy atom. The Hall–Kier alpha value is -3.60. The van der Waals surface area contributed by atoms with Crippen LogP contribution in [0.2, 0.25) is 0 Å². The van der Waals surface area contributed by atoms with Crippen molar-refractivity contribution in [2.45, 2.75) is 63.3 Å². The van der Waals surface area contributed by atoms with Crippen molar-refractivity contribution in [1.82, 2.24) is 30.1 Å². The zero-order valence-corrected chi connectivity index (χ0v) is 19.4. The highest BCUT2D eigenvalue weighted by Gasteiger charge is 2.49. The van der Waals surface area contributed by atoms with Gasteiger partial charge in [0.1, 0.15) is 6.04 Å². The van der Waals surface area contributed by atoms with Crippen LogP contribution >= 0.6 is 0 Å². The molecule has 182 valence electrons. The van der Waals surface area contributed by atoms with Crippen LogP contribution in [-0.2, 0) is 20.9 Å². The van der Waals surface area contributed by atoms with Crippen LogP contribution in [0.25, 0.3) is 5.69 Å². The number of benzene rings is 1. The SMILES string of the molecule is CC1CN(C(=O)c2cn(-c3ccc4c(c3)C(=O)N(C3CCC(=O)NC3=O)C4)nn2)C2(CCC2)CO1. The number of imide groups is 1. The van der Waals surface area contributed by atoms with Gasteiger partial charge in [-0.05, 0) is 50.3 Å². The van der Waals surface area contributed by atoms with Crippen molar-refractivity contribution in [2.75, 3.05) is 13.2 Å². The molecule has 0 bridgehead atoms. The van der Waals surface area contributed by atoms with Gasteiger partial charge in [0.2, 0.25) is 11.8 Å². The van der Waals surface area contributed by atoms with Gasteiger partial charge < -0.3 is 14.5 Å². The van der Waals surface area contributed by atoms with E-state index in [4.69, 9.17) is 4.74 Å². The molecule has 1 spiro atoms. The summed E-state index contributed by atoms with van der Waals surface area (Å²) in [5, 5.41) is 10.6. The zero-order chi connectivity index (χ0) is 24.3. The summed E-state index contributed by atoms with van der Waals surface area (Å²) >= 11 is 0. The normalized spacial score (nSPS) is 25.5. The largest absolute Gasteiger partial charge is 0.374 e. The van der Waals surface area contributed by atoms with Crippen LogP contribution in [0.4, 0.5) is 0 Å². The monoisotopic (exact) mass is 478 g/mol. The van der Waals surface area contributed by atoms with Crippen molar-refractivity contribution in [2.24, 2.45) is 0 Å². The molecule has 2 aromatic rings. The van der Waals surface area contributed by atoms with Crippen LogP contribution in [-0.4, -0.2) is 79.3 Å². The minimum atomic E-state index is -0.665. The fourth-order valence-electron chi connectivity index (χ4n) is 5.49. The minimum absolute atomic E-state index is 0.0322. The van der Waals surface area contributed by atoms with Crippen LogP contribution in [0.1, 0.15) is 65.4 Å². The Balaban J connectivity index is 1.22. The van der Waals surface area contributed by atoms with Crippen molar-refractivity contribution in [3.05, 3.63) is 41.2 Å². The number of fused-ring (bicyclic) bond motifs is 1. The van der Waals surface area contributed by atoms with Gasteiger partial charge in [-0.15, -0.1) is 5.10 Å². The van der Waals surface area contributed by atoms with Gasteiger partial charge >= 0.3 is 0 Å². The van der Waals surface area contributed by atoms with E-state index < -0.39 is 11.9 Å². The summed E-state index contributed by atoms with van der Waals surface area (Å²) in [5.74, 6) is -1.18. The quantitative estimate of drug-likeness (QED) is 0.647. The van der Waals surface area contributed by atoms with Crippen LogP contribution < -0.4 is 5.32 Å². The average molecular weight is 479 g/mol. The van der Waals surface area contributed by atoms with Crippen molar-refractivity contribution in [3.63, 3.8) is 0 Å². The van der Waals surface area contributed by atoms with Crippen LogP contribution in [0.3, 0.4) is 0 Å². The Morgan fingerprint density at radius 2 is 2.06 bits per heavy atom. The minimum Gasteiger partial charge on any atom is -0.374 e. The number of nitrogens with zero attached hydrogens (tertiary/aromatic N) is 5. The molecule has 4 heterocycles. The molecule has 6 rings (SSSR count). The number of piperidine rings is 1. The molecule has 1 aromatic heterocycles. The van der Waals surface area contributed by atoms with Crippen molar-refractivity contribution in [1.29, 1.82) is 0 Å². The van der Waals surface area contributed by atoms with Crippen molar-refractivity contribution in [3.8, 4) is 5.69 Å². The van der Waals surface area contributed by atoms with E-state index in [0.29, 0.717) is 37.4 Å². The van der Waals surface area contributed by atoms with E-state index in [-0.39, 0.29) is 41.5 Å². The predicted molar refractivity (Wildman–Crippen MR) is 120 cm³/mol. The number of nitrogens with one attached hydrogen (secondary N) is 1. The average Bonchev–Trinajstić information content (AvgIpc) is 3.43. The first-order valence-electron chi connectivity index (χ1n) is 12.0. The fourth-order valence-corrected chi connectivity index (χ4v) is 5.49. The molecule has 35 heavy (non-hydrogen) atoms. The fraction of sp³-hybridized carbons (Fsp3) is 0.500. The van der Waals surface area contributed by atoms with E-state index >= 15 is 0 Å². The summed E-state index contributed by atoms with van der Waals surface area (Å²) in [6.07, 6.45) is 5.01. The van der Waals surface area contributed by atoms with Crippen LogP contribution in [0, 0.1) is 0 Å². The number of hydrogen-bond acceptors (Lipinski definition) is 7. The highest BCUT2D eigenvalue weighted by Crippen LogP contribution is 2.41. The second kappa shape index (κ2) is 7.98. The number of carbonyl (C=O) groups is 4. The van der Waals surface area contributed by atoms with E-state index in [0.717, 1.165) is 24.8 Å². The van der Waals surface area contributed by atoms with Gasteiger partial charge in [0.15, 0.2) is 5.69 Å². The molecule has 1 aromatic carbocycles. The molecule has 2 unspecified atom stereocenters. The lowest BCUT2D eigenvalue weighted by Gasteiger charge is -2.53. The van der Waals surface area contributed by atoms with Gasteiger partial charge in [0, 0.05) is 25.1 Å². The molecular weight excluding hydrogens is 452 g/mol. The molecule has 11 nitrogen and oxygen atoms in total. The number of ether oxygens (including phenoxy) is 1. The number of morpholine rings is 1. The standard InChI is InChI=1S/C24H26N6O5/c1-14-10-29(24(13-35-14)7-2-8-24)23(34)18-12-30(27-26-18)16-4-3-15-11-28(22(33)17(15)9-16)19-5-6-20(31)25-21(19)32/h3-4,9,12,14,19H,2,5-8,10-11,13H2,1H3,(H,25,31,32). The summed E-state index contributed by atoms with van der Waals surface area (Å²) in [5.41, 5.74) is 1.89. The first kappa shape index (κ1) is 21.9. The van der Waals surface area contributed by atoms with E-state index in [1.165, 1.54) is 9.58 Å². The lowest BCUT2D eigenvalue weighted by atomic mass is 9.74. The van der Waals surface area contributed by atoms with E-state index in [2.05, 4.69) is 15.6 Å². The smallest absolute Gasteiger partial charge is 0.276 e. The Kier molecular flexibility index (Phi) is 4.99. The maximum atomic E-state index is 13.3. The van der Waals surface area contributed by atoms with Gasteiger partial charge in [-0.1, -0.05) is 11.3 Å². The third-order valence-corrected chi connectivity index (χ3v) is 7.67. The summed E-state index contributed by atoms with van der Waals surface area (Å²) in [6, 6.07) is 4.68. The summed E-state index contributed by atoms with van der Waals surface area (Å²) in [7, 11) is 0. The molecule has 1 aliphatic carbocycles. The molecule has 1 saturated carbocycles. The van der Waals surface area contributed by atoms with Gasteiger partial charge in [-0.25, -0.2) is 4.68 Å². The van der Waals surface area contributed by atoms with Crippen LogP contribution in [0.5, 0.6) is 0 Å². The molecular formula is C24H26N6O5. The van der Waals surface area contributed by atoms with Gasteiger partial charge in [0.25, 0.3) is 11.8 Å². The first-order valence-corrected chi connectivity index (χ1v) is 12.0. The van der Waals surface area contributed by atoms with Crippen molar-refractivity contribution >= 4 is 23.6 Å². The van der Waals surface area contributed by atoms with E-state index in [9.17, 15) is 19.2 Å². The molecule has 3 fully saturated rings. The number of hydrogen-bond donors (Lipinski definition) is 1. The summed E-state index contributed by atoms with van der Waals surface area (Å²) in [6.45, 7) is 3.33. The highest BCUT2D eigenvalue weighted by molar-refractivity contribution is 6.05. The summed E-state index contributed by atoms with van der Waals surface area (Å²) in [4.78, 5) is 53.6. The molecule has 4 amide bonds. The predicted octanol–water partition coefficient (Wildman–Crippen LogP) is 0.812. The first-order chi connectivity index (χ1) is 16.8. The maximum absolute atomic E-state index is 13.3. The topological polar surface area (TPSA) is 127 Å². The number of carbonyl (C=O) groups excluding carboxylic acids is 4. The van der Waals surface area contributed by atoms with Crippen molar-refractivity contribution < 1.29 is 23.9 Å². The maximum Gasteiger partial charge on any atom is 0.276 e. The Morgan fingerprint density at radius 1 is 1.23 bits per heavy atom. The third kappa shape index (κ3) is 3.53.